The fourth-order valence-electron chi connectivity index (χ4n) is 1.33. The molecule has 0 aliphatic rings. The lowest BCUT2D eigenvalue weighted by atomic mass is 10.3. The molecular weight excluding hydrogens is 264 g/mol. The first-order valence-electron chi connectivity index (χ1n) is 5.36. The fraction of sp³-hybridized carbons (Fsp3) is 0.0833. The molecule has 1 heterocycles. The Kier molecular flexibility index (Phi) is 4.19. The van der Waals surface area contributed by atoms with Gasteiger partial charge < -0.3 is 15.7 Å². The van der Waals surface area contributed by atoms with Crippen LogP contribution >= 0.6 is 11.8 Å². The van der Waals surface area contributed by atoms with Crippen LogP contribution in [0.2, 0.25) is 0 Å². The molecule has 0 saturated carbocycles. The molecular formula is C12H12N4O2S. The summed E-state index contributed by atoms with van der Waals surface area (Å²) in [6, 6.07) is 9.10. The van der Waals surface area contributed by atoms with Crippen LogP contribution in [0, 0.1) is 0 Å². The van der Waals surface area contributed by atoms with E-state index in [4.69, 9.17) is 15.7 Å². The van der Waals surface area contributed by atoms with Gasteiger partial charge in [-0.15, -0.1) is 0 Å². The van der Waals surface area contributed by atoms with E-state index in [1.165, 1.54) is 11.8 Å². The monoisotopic (exact) mass is 276 g/mol. The largest absolute Gasteiger partial charge is 0.497 e. The van der Waals surface area contributed by atoms with Crippen LogP contribution in [0.5, 0.6) is 5.75 Å². The number of ether oxygens (including phenoxy) is 1. The Balaban J connectivity index is 2.18. The lowest BCUT2D eigenvalue weighted by molar-refractivity contribution is 0.318. The lowest BCUT2D eigenvalue weighted by Crippen LogP contribution is -2.15. The zero-order chi connectivity index (χ0) is 13.7. The average molecular weight is 276 g/mol. The third-order valence-corrected chi connectivity index (χ3v) is 3.16. The van der Waals surface area contributed by atoms with Crippen molar-refractivity contribution in [2.24, 2.45) is 10.9 Å². The van der Waals surface area contributed by atoms with Crippen LogP contribution in [0.3, 0.4) is 0 Å². The molecule has 0 fully saturated rings. The normalized spacial score (nSPS) is 11.3. The summed E-state index contributed by atoms with van der Waals surface area (Å²) in [4.78, 5) is 9.28. The molecule has 0 bridgehead atoms. The van der Waals surface area contributed by atoms with E-state index in [-0.39, 0.29) is 5.84 Å². The number of oxime groups is 1. The van der Waals surface area contributed by atoms with Crippen molar-refractivity contribution < 1.29 is 9.94 Å². The second kappa shape index (κ2) is 6.05. The maximum Gasteiger partial charge on any atom is 0.193 e. The van der Waals surface area contributed by atoms with Gasteiger partial charge in [0.25, 0.3) is 0 Å². The Labute approximate surface area is 114 Å². The van der Waals surface area contributed by atoms with Crippen molar-refractivity contribution in [2.75, 3.05) is 7.11 Å². The topological polar surface area (TPSA) is 93.6 Å². The van der Waals surface area contributed by atoms with Crippen molar-refractivity contribution in [2.45, 2.75) is 10.1 Å². The Hall–Kier alpha value is -2.28. The van der Waals surface area contributed by atoms with Crippen LogP contribution in [0.1, 0.15) is 5.69 Å². The predicted molar refractivity (Wildman–Crippen MR) is 71.7 cm³/mol. The van der Waals surface area contributed by atoms with Gasteiger partial charge in [0.2, 0.25) is 0 Å². The maximum atomic E-state index is 8.61. The molecule has 1 aromatic heterocycles. The smallest absolute Gasteiger partial charge is 0.193 e. The quantitative estimate of drug-likeness (QED) is 0.290. The Bertz CT molecular complexity index is 587. The summed E-state index contributed by atoms with van der Waals surface area (Å²) >= 11 is 1.38. The van der Waals surface area contributed by atoms with Gasteiger partial charge in [0, 0.05) is 11.1 Å². The minimum atomic E-state index is -0.0426. The number of amidine groups is 1. The first kappa shape index (κ1) is 13.2. The second-order valence-electron chi connectivity index (χ2n) is 3.49. The molecule has 0 amide bonds. The maximum absolute atomic E-state index is 8.61. The summed E-state index contributed by atoms with van der Waals surface area (Å²) in [5, 5.41) is 12.0. The van der Waals surface area contributed by atoms with Gasteiger partial charge in [0.1, 0.15) is 11.4 Å². The Morgan fingerprint density at radius 1 is 1.32 bits per heavy atom. The van der Waals surface area contributed by atoms with Crippen molar-refractivity contribution in [1.82, 2.24) is 9.97 Å². The van der Waals surface area contributed by atoms with Crippen molar-refractivity contribution in [3.63, 3.8) is 0 Å². The molecule has 6 nitrogen and oxygen atoms in total. The highest BCUT2D eigenvalue weighted by Gasteiger charge is 2.05. The number of hydrogen-bond donors (Lipinski definition) is 2. The van der Waals surface area contributed by atoms with E-state index in [1.54, 1.807) is 19.4 Å². The Morgan fingerprint density at radius 2 is 2.05 bits per heavy atom. The number of hydrogen-bond acceptors (Lipinski definition) is 6. The zero-order valence-corrected chi connectivity index (χ0v) is 11.0. The lowest BCUT2D eigenvalue weighted by Gasteiger charge is -2.03. The highest BCUT2D eigenvalue weighted by Crippen LogP contribution is 2.26. The number of rotatable bonds is 4. The standard InChI is InChI=1S/C12H12N4O2S/c1-18-8-2-4-9(5-3-8)19-12-14-7-6-10(15-12)11(13)16-17/h2-7,17H,1H3,(H2,13,16). The van der Waals surface area contributed by atoms with E-state index in [2.05, 4.69) is 15.1 Å². The minimum absolute atomic E-state index is 0.0426. The molecule has 1 aromatic carbocycles. The van der Waals surface area contributed by atoms with E-state index in [0.717, 1.165) is 10.6 Å². The molecule has 0 aliphatic carbocycles. The highest BCUT2D eigenvalue weighted by atomic mass is 32.2. The van der Waals surface area contributed by atoms with Gasteiger partial charge in [-0.05, 0) is 42.1 Å². The zero-order valence-electron chi connectivity index (χ0n) is 10.1. The molecule has 7 heteroatoms. The summed E-state index contributed by atoms with van der Waals surface area (Å²) in [5.41, 5.74) is 5.86. The second-order valence-corrected chi connectivity index (χ2v) is 4.53. The van der Waals surface area contributed by atoms with Crippen molar-refractivity contribution in [1.29, 1.82) is 0 Å². The van der Waals surface area contributed by atoms with Crippen LogP contribution in [0.4, 0.5) is 0 Å². The highest BCUT2D eigenvalue weighted by molar-refractivity contribution is 7.99. The molecule has 0 unspecified atom stereocenters. The van der Waals surface area contributed by atoms with Crippen molar-refractivity contribution >= 4 is 17.6 Å². The SMILES string of the molecule is COc1ccc(Sc2nccc(/C(N)=N/O)n2)cc1. The van der Waals surface area contributed by atoms with E-state index in [9.17, 15) is 0 Å². The van der Waals surface area contributed by atoms with Gasteiger partial charge in [-0.2, -0.15) is 0 Å². The molecule has 0 spiro atoms. The number of aromatic nitrogens is 2. The van der Waals surface area contributed by atoms with E-state index in [1.807, 2.05) is 24.3 Å². The molecule has 2 rings (SSSR count). The molecule has 2 aromatic rings. The number of benzene rings is 1. The molecule has 98 valence electrons. The van der Waals surface area contributed by atoms with Crippen LogP contribution in [0.25, 0.3) is 0 Å². The first-order chi connectivity index (χ1) is 9.22. The molecule has 19 heavy (non-hydrogen) atoms. The molecule has 3 N–H and O–H groups in total. The van der Waals surface area contributed by atoms with Gasteiger partial charge in [0.05, 0.1) is 7.11 Å². The van der Waals surface area contributed by atoms with Gasteiger partial charge in [-0.25, -0.2) is 9.97 Å². The molecule has 0 saturated heterocycles. The summed E-state index contributed by atoms with van der Waals surface area (Å²) in [6.07, 6.45) is 1.56. The summed E-state index contributed by atoms with van der Waals surface area (Å²) in [6.45, 7) is 0. The number of nitrogens with two attached hydrogens (primary N) is 1. The van der Waals surface area contributed by atoms with Crippen molar-refractivity contribution in [3.05, 3.63) is 42.2 Å². The Morgan fingerprint density at radius 3 is 2.68 bits per heavy atom. The van der Waals surface area contributed by atoms with Crippen molar-refractivity contribution in [3.8, 4) is 5.75 Å². The van der Waals surface area contributed by atoms with Gasteiger partial charge in [-0.3, -0.25) is 0 Å². The minimum Gasteiger partial charge on any atom is -0.497 e. The van der Waals surface area contributed by atoms with Crippen LogP contribution in [-0.4, -0.2) is 28.1 Å². The third-order valence-electron chi connectivity index (χ3n) is 2.27. The van der Waals surface area contributed by atoms with Crippen LogP contribution < -0.4 is 10.5 Å². The van der Waals surface area contributed by atoms with Gasteiger partial charge >= 0.3 is 0 Å². The summed E-state index contributed by atoms with van der Waals surface area (Å²) in [7, 11) is 1.62. The van der Waals surface area contributed by atoms with E-state index in [0.29, 0.717) is 10.9 Å². The van der Waals surface area contributed by atoms with Crippen LogP contribution in [-0.2, 0) is 0 Å². The molecule has 0 aliphatic heterocycles. The van der Waals surface area contributed by atoms with E-state index >= 15 is 0 Å². The first-order valence-corrected chi connectivity index (χ1v) is 6.17. The predicted octanol–water partition coefficient (Wildman–Crippen LogP) is 1.73. The van der Waals surface area contributed by atoms with Gasteiger partial charge in [0.15, 0.2) is 11.0 Å². The number of nitrogens with zero attached hydrogens (tertiary/aromatic N) is 3. The average Bonchev–Trinajstić information content (AvgIpc) is 2.47. The summed E-state index contributed by atoms with van der Waals surface area (Å²) < 4.78 is 5.08. The molecule has 0 atom stereocenters. The van der Waals surface area contributed by atoms with E-state index < -0.39 is 0 Å². The summed E-state index contributed by atoms with van der Waals surface area (Å²) in [5.74, 6) is 0.745. The third kappa shape index (κ3) is 3.35. The number of methoxy groups -OCH3 is 1. The van der Waals surface area contributed by atoms with Crippen LogP contribution in [0.15, 0.2) is 51.7 Å². The van der Waals surface area contributed by atoms with Gasteiger partial charge in [-0.1, -0.05) is 5.16 Å². The molecule has 0 radical (unpaired) electrons. The fourth-order valence-corrected chi connectivity index (χ4v) is 2.07.